The van der Waals surface area contributed by atoms with Crippen molar-refractivity contribution < 1.29 is 33.4 Å². The minimum Gasteiger partial charge on any atom is -0.354 e. The highest BCUT2D eigenvalue weighted by Gasteiger charge is 2.44. The molecule has 0 aromatic heterocycles. The summed E-state index contributed by atoms with van der Waals surface area (Å²) in [5, 5.41) is 0.644. The van der Waals surface area contributed by atoms with Crippen molar-refractivity contribution in [2.75, 3.05) is 6.61 Å². The second kappa shape index (κ2) is 6.88. The lowest BCUT2D eigenvalue weighted by Gasteiger charge is -2.19. The molecule has 0 radical (unpaired) electrons. The maximum absolute atomic E-state index is 11.0. The Bertz CT molecular complexity index is 545. The molecule has 1 aromatic carbocycles. The van der Waals surface area contributed by atoms with Crippen LogP contribution in [0.15, 0.2) is 18.2 Å². The predicted octanol–water partition coefficient (Wildman–Crippen LogP) is 2.19. The molecular weight excluding hydrogens is 353 g/mol. The average Bonchev–Trinajstić information content (AvgIpc) is 2.25. The summed E-state index contributed by atoms with van der Waals surface area (Å²) in [6.07, 6.45) is 0.160. The van der Waals surface area contributed by atoms with E-state index in [0.717, 1.165) is 0 Å². The van der Waals surface area contributed by atoms with Gasteiger partial charge in [0, 0.05) is 0 Å². The van der Waals surface area contributed by atoms with Crippen LogP contribution in [-0.4, -0.2) is 31.8 Å². The normalized spacial score (nSPS) is 12.9. The van der Waals surface area contributed by atoms with Crippen molar-refractivity contribution >= 4 is 38.4 Å². The summed E-state index contributed by atoms with van der Waals surface area (Å²) in [6, 6.07) is 4.67. The first-order chi connectivity index (χ1) is 9.01. The zero-order chi connectivity index (χ0) is 15.6. The number of benzene rings is 1. The van der Waals surface area contributed by atoms with Gasteiger partial charge in [-0.3, -0.25) is 9.13 Å². The molecule has 1 aromatic rings. The van der Waals surface area contributed by atoms with Crippen molar-refractivity contribution in [3.63, 3.8) is 0 Å². The SMILES string of the molecule is O=P(O)(O)C(OCCc1ccc(Cl)c(Cl)c1)P(=O)(O)O. The second-order valence-corrected chi connectivity index (χ2v) is 8.39. The molecular formula is C9H12Cl2O7P2. The zero-order valence-electron chi connectivity index (χ0n) is 9.89. The second-order valence-electron chi connectivity index (χ2n) is 3.87. The summed E-state index contributed by atoms with van der Waals surface area (Å²) in [4.78, 5) is 35.4. The van der Waals surface area contributed by atoms with E-state index in [1.54, 1.807) is 6.07 Å². The minimum atomic E-state index is -5.07. The number of hydrogen-bond donors (Lipinski definition) is 4. The third kappa shape index (κ3) is 5.45. The molecule has 0 spiro atoms. The first-order valence-corrected chi connectivity index (χ1v) is 9.29. The van der Waals surface area contributed by atoms with E-state index in [1.807, 2.05) is 0 Å². The topological polar surface area (TPSA) is 124 Å². The molecule has 0 atom stereocenters. The van der Waals surface area contributed by atoms with Crippen LogP contribution in [0, 0.1) is 0 Å². The molecule has 0 aliphatic heterocycles. The van der Waals surface area contributed by atoms with Crippen LogP contribution >= 0.6 is 38.4 Å². The highest BCUT2D eigenvalue weighted by molar-refractivity contribution is 7.70. The van der Waals surface area contributed by atoms with Gasteiger partial charge in [-0.15, -0.1) is 0 Å². The van der Waals surface area contributed by atoms with Gasteiger partial charge in [0.15, 0.2) is 0 Å². The van der Waals surface area contributed by atoms with Gasteiger partial charge in [0.2, 0.25) is 0 Å². The first kappa shape index (κ1) is 18.1. The van der Waals surface area contributed by atoms with E-state index in [9.17, 15) is 9.13 Å². The Kier molecular flexibility index (Phi) is 6.23. The third-order valence-electron chi connectivity index (χ3n) is 2.22. The Balaban J connectivity index is 2.68. The maximum atomic E-state index is 11.0. The molecule has 0 amide bonds. The van der Waals surface area contributed by atoms with E-state index < -0.39 is 20.8 Å². The fraction of sp³-hybridized carbons (Fsp3) is 0.333. The monoisotopic (exact) mass is 364 g/mol. The molecule has 0 bridgehead atoms. The Morgan fingerprint density at radius 1 is 1.05 bits per heavy atom. The molecule has 20 heavy (non-hydrogen) atoms. The van der Waals surface area contributed by atoms with Gasteiger partial charge in [0.05, 0.1) is 16.7 Å². The van der Waals surface area contributed by atoms with Crippen LogP contribution in [0.25, 0.3) is 0 Å². The quantitative estimate of drug-likeness (QED) is 0.570. The maximum Gasteiger partial charge on any atom is 0.366 e. The van der Waals surface area contributed by atoms with Gasteiger partial charge in [0.25, 0.3) is 5.59 Å². The van der Waals surface area contributed by atoms with Gasteiger partial charge in [0.1, 0.15) is 0 Å². The lowest BCUT2D eigenvalue weighted by molar-refractivity contribution is 0.114. The van der Waals surface area contributed by atoms with E-state index in [1.165, 1.54) is 12.1 Å². The van der Waals surface area contributed by atoms with E-state index in [-0.39, 0.29) is 13.0 Å². The molecule has 1 rings (SSSR count). The molecule has 0 saturated carbocycles. The van der Waals surface area contributed by atoms with Gasteiger partial charge in [-0.2, -0.15) is 0 Å². The molecule has 7 nitrogen and oxygen atoms in total. The van der Waals surface area contributed by atoms with Crippen LogP contribution in [0.2, 0.25) is 10.0 Å². The highest BCUT2D eigenvalue weighted by Crippen LogP contribution is 2.60. The molecule has 0 aliphatic carbocycles. The summed E-state index contributed by atoms with van der Waals surface area (Å²) in [6.45, 7) is -0.293. The summed E-state index contributed by atoms with van der Waals surface area (Å²) < 4.78 is 26.6. The van der Waals surface area contributed by atoms with Gasteiger partial charge >= 0.3 is 15.2 Å². The van der Waals surface area contributed by atoms with Gasteiger partial charge in [-0.25, -0.2) is 0 Å². The summed E-state index contributed by atoms with van der Waals surface area (Å²) in [7, 11) is -10.1. The van der Waals surface area contributed by atoms with Crippen LogP contribution in [0.5, 0.6) is 0 Å². The molecule has 114 valence electrons. The van der Waals surface area contributed by atoms with Gasteiger partial charge in [-0.05, 0) is 24.1 Å². The van der Waals surface area contributed by atoms with Crippen molar-refractivity contribution in [2.45, 2.75) is 12.0 Å². The third-order valence-corrected chi connectivity index (χ3v) is 6.21. The number of hydrogen-bond acceptors (Lipinski definition) is 3. The fourth-order valence-corrected chi connectivity index (χ4v) is 3.85. The summed E-state index contributed by atoms with van der Waals surface area (Å²) in [5.74, 6) is 0. The Morgan fingerprint density at radius 2 is 1.60 bits per heavy atom. The van der Waals surface area contributed by atoms with Crippen molar-refractivity contribution in [1.82, 2.24) is 0 Å². The highest BCUT2D eigenvalue weighted by atomic mass is 35.5. The van der Waals surface area contributed by atoms with Crippen molar-refractivity contribution in [2.24, 2.45) is 0 Å². The van der Waals surface area contributed by atoms with Gasteiger partial charge < -0.3 is 24.3 Å². The molecule has 0 saturated heterocycles. The first-order valence-electron chi connectivity index (χ1n) is 5.18. The average molecular weight is 365 g/mol. The van der Waals surface area contributed by atoms with Crippen LogP contribution < -0.4 is 0 Å². The summed E-state index contributed by atoms with van der Waals surface area (Å²) in [5.41, 5.74) is -1.81. The number of ether oxygens (including phenoxy) is 1. The smallest absolute Gasteiger partial charge is 0.354 e. The number of halogens is 2. The lowest BCUT2D eigenvalue weighted by atomic mass is 10.2. The molecule has 11 heteroatoms. The van der Waals surface area contributed by atoms with Crippen LogP contribution in [-0.2, 0) is 20.3 Å². The standard InChI is InChI=1S/C9H12Cl2O7P2/c10-7-2-1-6(5-8(7)11)3-4-18-9(19(12,13)14)20(15,16)17/h1-2,5,9H,3-4H2,(H2,12,13,14)(H2,15,16,17). The zero-order valence-corrected chi connectivity index (χ0v) is 13.2. The van der Waals surface area contributed by atoms with E-state index in [4.69, 9.17) is 42.8 Å². The molecule has 0 fully saturated rings. The van der Waals surface area contributed by atoms with Crippen molar-refractivity contribution in [3.8, 4) is 0 Å². The van der Waals surface area contributed by atoms with Gasteiger partial charge in [-0.1, -0.05) is 29.3 Å². The van der Waals surface area contributed by atoms with E-state index in [2.05, 4.69) is 4.74 Å². The molecule has 0 heterocycles. The van der Waals surface area contributed by atoms with Crippen molar-refractivity contribution in [3.05, 3.63) is 33.8 Å². The predicted molar refractivity (Wildman–Crippen MR) is 74.0 cm³/mol. The van der Waals surface area contributed by atoms with Crippen LogP contribution in [0.1, 0.15) is 5.56 Å². The minimum absolute atomic E-state index is 0.160. The lowest BCUT2D eigenvalue weighted by Crippen LogP contribution is -2.15. The Morgan fingerprint density at radius 3 is 2.05 bits per heavy atom. The summed E-state index contributed by atoms with van der Waals surface area (Å²) >= 11 is 11.5. The largest absolute Gasteiger partial charge is 0.366 e. The van der Waals surface area contributed by atoms with E-state index >= 15 is 0 Å². The Labute approximate surface area is 124 Å². The molecule has 0 unspecified atom stereocenters. The fourth-order valence-electron chi connectivity index (χ4n) is 1.37. The Hall–Kier alpha value is 0.0600. The molecule has 0 aliphatic rings. The van der Waals surface area contributed by atoms with E-state index in [0.29, 0.717) is 15.6 Å². The van der Waals surface area contributed by atoms with Crippen LogP contribution in [0.3, 0.4) is 0 Å². The number of rotatable bonds is 6. The van der Waals surface area contributed by atoms with Crippen molar-refractivity contribution in [1.29, 1.82) is 0 Å². The molecule has 4 N–H and O–H groups in total. The van der Waals surface area contributed by atoms with Crippen LogP contribution in [0.4, 0.5) is 0 Å².